The Labute approximate surface area is 203 Å². The van der Waals surface area contributed by atoms with Gasteiger partial charge in [-0.2, -0.15) is 0 Å². The Morgan fingerprint density at radius 3 is 2.29 bits per heavy atom. The second-order valence-corrected chi connectivity index (χ2v) is 9.31. The molecule has 1 aliphatic heterocycles. The summed E-state index contributed by atoms with van der Waals surface area (Å²) >= 11 is 6.03. The maximum atomic E-state index is 13.0. The van der Waals surface area contributed by atoms with Crippen LogP contribution >= 0.6 is 11.6 Å². The predicted molar refractivity (Wildman–Crippen MR) is 133 cm³/mol. The minimum atomic E-state index is 0.0378. The molecule has 0 unspecified atom stereocenters. The first-order valence-corrected chi connectivity index (χ1v) is 11.8. The van der Waals surface area contributed by atoms with Crippen LogP contribution in [-0.4, -0.2) is 44.0 Å². The van der Waals surface area contributed by atoms with Gasteiger partial charge >= 0.3 is 0 Å². The molecule has 3 heterocycles. The largest absolute Gasteiger partial charge is 0.339 e. The molecule has 172 valence electrons. The van der Waals surface area contributed by atoms with Crippen molar-refractivity contribution in [3.8, 4) is 22.5 Å². The van der Waals surface area contributed by atoms with E-state index in [1.807, 2.05) is 70.2 Å². The third-order valence-electron chi connectivity index (χ3n) is 6.44. The number of aromatic nitrogens is 3. The van der Waals surface area contributed by atoms with Gasteiger partial charge in [-0.25, -0.2) is 4.98 Å². The summed E-state index contributed by atoms with van der Waals surface area (Å²) in [7, 11) is 0. The zero-order valence-corrected chi connectivity index (χ0v) is 19.7. The van der Waals surface area contributed by atoms with E-state index in [2.05, 4.69) is 9.97 Å². The van der Waals surface area contributed by atoms with Crippen LogP contribution in [0.25, 0.3) is 28.2 Å². The third kappa shape index (κ3) is 4.59. The molecule has 0 atom stereocenters. The summed E-state index contributed by atoms with van der Waals surface area (Å²) in [6.45, 7) is 3.03. The average molecular weight is 473 g/mol. The molecule has 1 saturated heterocycles. The number of fused-ring (bicyclic) bond motifs is 1. The lowest BCUT2D eigenvalue weighted by molar-refractivity contribution is -0.118. The van der Waals surface area contributed by atoms with Gasteiger partial charge in [0.1, 0.15) is 5.78 Å². The molecule has 4 aromatic rings. The van der Waals surface area contributed by atoms with Gasteiger partial charge in [-0.3, -0.25) is 14.2 Å². The summed E-state index contributed by atoms with van der Waals surface area (Å²) in [4.78, 5) is 35.2. The lowest BCUT2D eigenvalue weighted by Gasteiger charge is -2.31. The molecule has 0 radical (unpaired) electrons. The maximum absolute atomic E-state index is 13.0. The number of benzene rings is 2. The number of amides is 1. The second kappa shape index (κ2) is 9.39. The number of ketones is 1. The Bertz CT molecular complexity index is 1340. The van der Waals surface area contributed by atoms with Crippen LogP contribution in [0.15, 0.2) is 67.1 Å². The van der Waals surface area contributed by atoms with Gasteiger partial charge in [0.25, 0.3) is 5.91 Å². The molecule has 0 spiro atoms. The van der Waals surface area contributed by atoms with Crippen LogP contribution in [0.3, 0.4) is 0 Å². The fourth-order valence-corrected chi connectivity index (χ4v) is 4.71. The molecule has 0 bridgehead atoms. The third-order valence-corrected chi connectivity index (χ3v) is 6.69. The molecule has 2 aromatic carbocycles. The average Bonchev–Trinajstić information content (AvgIpc) is 3.28. The molecule has 6 nitrogen and oxygen atoms in total. The Hall–Kier alpha value is -3.51. The smallest absolute Gasteiger partial charge is 0.253 e. The van der Waals surface area contributed by atoms with Gasteiger partial charge < -0.3 is 9.69 Å². The van der Waals surface area contributed by atoms with E-state index in [0.717, 1.165) is 41.0 Å². The van der Waals surface area contributed by atoms with E-state index in [9.17, 15) is 9.59 Å². The number of hydrogen-bond acceptors (Lipinski definition) is 4. The number of imidazole rings is 1. The van der Waals surface area contributed by atoms with Crippen molar-refractivity contribution < 1.29 is 9.59 Å². The van der Waals surface area contributed by atoms with Crippen molar-refractivity contribution >= 4 is 28.9 Å². The maximum Gasteiger partial charge on any atom is 0.253 e. The molecule has 7 heteroatoms. The number of likely N-dealkylation sites (tertiary alicyclic amines) is 1. The highest BCUT2D eigenvalue weighted by Crippen LogP contribution is 2.26. The highest BCUT2D eigenvalue weighted by molar-refractivity contribution is 6.30. The lowest BCUT2D eigenvalue weighted by atomic mass is 9.92. The van der Waals surface area contributed by atoms with Crippen molar-refractivity contribution in [3.05, 3.63) is 77.7 Å². The fraction of sp³-hybridized carbons (Fsp3) is 0.259. The minimum Gasteiger partial charge on any atom is -0.339 e. The Morgan fingerprint density at radius 1 is 0.941 bits per heavy atom. The highest BCUT2D eigenvalue weighted by Gasteiger charge is 2.24. The molecule has 1 aliphatic rings. The van der Waals surface area contributed by atoms with Crippen molar-refractivity contribution in [2.24, 2.45) is 5.92 Å². The van der Waals surface area contributed by atoms with E-state index in [1.54, 1.807) is 13.1 Å². The zero-order chi connectivity index (χ0) is 23.7. The van der Waals surface area contributed by atoms with Crippen molar-refractivity contribution in [2.75, 3.05) is 13.1 Å². The molecule has 34 heavy (non-hydrogen) atoms. The van der Waals surface area contributed by atoms with Crippen molar-refractivity contribution in [1.82, 2.24) is 19.3 Å². The summed E-state index contributed by atoms with van der Waals surface area (Å²) in [6, 6.07) is 15.2. The van der Waals surface area contributed by atoms with Crippen molar-refractivity contribution in [2.45, 2.75) is 26.2 Å². The molecular weight excluding hydrogens is 448 g/mol. The summed E-state index contributed by atoms with van der Waals surface area (Å²) in [6.07, 6.45) is 7.92. The predicted octanol–water partition coefficient (Wildman–Crippen LogP) is 5.55. The number of rotatable bonds is 5. The van der Waals surface area contributed by atoms with E-state index in [4.69, 9.17) is 11.6 Å². The molecule has 0 aliphatic carbocycles. The first-order valence-electron chi connectivity index (χ1n) is 11.5. The van der Waals surface area contributed by atoms with Crippen LogP contribution in [0.4, 0.5) is 0 Å². The van der Waals surface area contributed by atoms with Crippen LogP contribution in [0.5, 0.6) is 0 Å². The minimum absolute atomic E-state index is 0.0378. The first-order chi connectivity index (χ1) is 16.5. The van der Waals surface area contributed by atoms with Gasteiger partial charge in [0.2, 0.25) is 0 Å². The number of piperidine rings is 1. The van der Waals surface area contributed by atoms with E-state index in [1.165, 1.54) is 0 Å². The molecule has 1 amide bonds. The van der Waals surface area contributed by atoms with Gasteiger partial charge in [0, 0.05) is 47.4 Å². The monoisotopic (exact) mass is 472 g/mol. The van der Waals surface area contributed by atoms with Crippen LogP contribution in [0, 0.1) is 5.92 Å². The Morgan fingerprint density at radius 2 is 1.62 bits per heavy atom. The van der Waals surface area contributed by atoms with E-state index in [0.29, 0.717) is 36.0 Å². The molecule has 5 rings (SSSR count). The summed E-state index contributed by atoms with van der Waals surface area (Å²) < 4.78 is 2.01. The molecule has 0 N–H and O–H groups in total. The number of hydrogen-bond donors (Lipinski definition) is 0. The van der Waals surface area contributed by atoms with Gasteiger partial charge in [0.15, 0.2) is 5.65 Å². The van der Waals surface area contributed by atoms with Crippen LogP contribution in [0.2, 0.25) is 5.02 Å². The van der Waals surface area contributed by atoms with Crippen LogP contribution < -0.4 is 0 Å². The van der Waals surface area contributed by atoms with E-state index < -0.39 is 0 Å². The van der Waals surface area contributed by atoms with E-state index in [-0.39, 0.29) is 11.7 Å². The summed E-state index contributed by atoms with van der Waals surface area (Å²) in [5, 5.41) is 0.690. The molecule has 1 fully saturated rings. The molecule has 0 saturated carbocycles. The zero-order valence-electron chi connectivity index (χ0n) is 18.9. The number of carbonyl (C=O) groups is 2. The number of carbonyl (C=O) groups excluding carboxylic acids is 2. The first kappa shape index (κ1) is 22.3. The van der Waals surface area contributed by atoms with E-state index >= 15 is 0 Å². The number of nitrogens with zero attached hydrogens (tertiary/aromatic N) is 4. The van der Waals surface area contributed by atoms with Crippen LogP contribution in [0.1, 0.15) is 36.5 Å². The molecule has 2 aromatic heterocycles. The highest BCUT2D eigenvalue weighted by atomic mass is 35.5. The van der Waals surface area contributed by atoms with Crippen LogP contribution in [-0.2, 0) is 4.79 Å². The summed E-state index contributed by atoms with van der Waals surface area (Å²) in [5.41, 5.74) is 5.12. The SMILES string of the molecule is CC(=O)CC1CCN(C(=O)c2ccc(-c3cn4c(-c5ccc(Cl)cc5)cnc4cn3)cc2)CC1. The number of Topliss-reactive ketones (excluding diaryl/α,β-unsaturated/α-hetero) is 1. The Kier molecular flexibility index (Phi) is 6.16. The normalized spacial score (nSPS) is 14.5. The fourth-order valence-electron chi connectivity index (χ4n) is 4.59. The Balaban J connectivity index is 1.34. The van der Waals surface area contributed by atoms with Crippen molar-refractivity contribution in [3.63, 3.8) is 0 Å². The van der Waals surface area contributed by atoms with Gasteiger partial charge in [0.05, 0.1) is 23.8 Å². The summed E-state index contributed by atoms with van der Waals surface area (Å²) in [5.74, 6) is 0.657. The lowest BCUT2D eigenvalue weighted by Crippen LogP contribution is -2.38. The van der Waals surface area contributed by atoms with Crippen molar-refractivity contribution in [1.29, 1.82) is 0 Å². The quantitative estimate of drug-likeness (QED) is 0.382. The topological polar surface area (TPSA) is 67.6 Å². The van der Waals surface area contributed by atoms with Gasteiger partial charge in [-0.1, -0.05) is 35.9 Å². The van der Waals surface area contributed by atoms with Gasteiger partial charge in [-0.05, 0) is 49.9 Å². The second-order valence-electron chi connectivity index (χ2n) is 8.87. The standard InChI is InChI=1S/C27H25ClN4O2/c1-18(33)14-19-10-12-31(13-11-19)27(34)22-4-2-20(3-5-22)24-17-32-25(15-30-26(32)16-29-24)21-6-8-23(28)9-7-21/h2-9,15-17,19H,10-14H2,1H3. The number of halogens is 1. The van der Waals surface area contributed by atoms with Gasteiger partial charge in [-0.15, -0.1) is 0 Å². The molecular formula is C27H25ClN4O2.